The van der Waals surface area contributed by atoms with Crippen LogP contribution in [-0.4, -0.2) is 56.7 Å². The molecule has 1 heterocycles. The maximum Gasteiger partial charge on any atom is 0.310 e. The lowest BCUT2D eigenvalue weighted by atomic mass is 10.1. The van der Waals surface area contributed by atoms with E-state index in [1.807, 2.05) is 25.1 Å². The second-order valence-electron chi connectivity index (χ2n) is 6.72. The average Bonchev–Trinajstić information content (AvgIpc) is 3.13. The molecule has 1 fully saturated rings. The second-order valence-corrected chi connectivity index (χ2v) is 6.72. The Balaban J connectivity index is 1.80. The van der Waals surface area contributed by atoms with Crippen LogP contribution in [0.4, 0.5) is 0 Å². The smallest absolute Gasteiger partial charge is 0.310 e. The molecule has 0 aromatic heterocycles. The van der Waals surface area contributed by atoms with Crippen molar-refractivity contribution in [2.45, 2.75) is 26.9 Å². The van der Waals surface area contributed by atoms with E-state index in [2.05, 4.69) is 34.3 Å². The number of esters is 1. The van der Waals surface area contributed by atoms with Gasteiger partial charge < -0.3 is 19.7 Å². The number of benzene rings is 1. The maximum absolute atomic E-state index is 11.5. The number of nitrogens with zero attached hydrogens (tertiary/aromatic N) is 2. The van der Waals surface area contributed by atoms with Crippen molar-refractivity contribution in [2.75, 3.05) is 39.9 Å². The minimum atomic E-state index is -0.235. The Labute approximate surface area is 156 Å². The van der Waals surface area contributed by atoms with E-state index in [1.54, 1.807) is 0 Å². The third-order valence-electron chi connectivity index (χ3n) is 4.50. The highest BCUT2D eigenvalue weighted by atomic mass is 16.5. The van der Waals surface area contributed by atoms with Crippen LogP contribution in [0, 0.1) is 11.8 Å². The van der Waals surface area contributed by atoms with E-state index in [1.165, 1.54) is 12.7 Å². The predicted molar refractivity (Wildman–Crippen MR) is 103 cm³/mol. The van der Waals surface area contributed by atoms with E-state index < -0.39 is 0 Å². The summed E-state index contributed by atoms with van der Waals surface area (Å²) in [5.74, 6) is 0.911. The van der Waals surface area contributed by atoms with E-state index in [0.717, 1.165) is 38.6 Å². The van der Waals surface area contributed by atoms with Crippen LogP contribution in [0.3, 0.4) is 0 Å². The van der Waals surface area contributed by atoms with Gasteiger partial charge in [-0.25, -0.2) is 0 Å². The SMILES string of the molecule is CCNC(=NCC(C)C(=O)OC)N1CCC(COCc2ccccc2)C1. The number of aliphatic imine (C=N–C) groups is 1. The summed E-state index contributed by atoms with van der Waals surface area (Å²) in [6.45, 7) is 8.41. The molecule has 0 bridgehead atoms. The van der Waals surface area contributed by atoms with Gasteiger partial charge in [-0.1, -0.05) is 37.3 Å². The number of methoxy groups -OCH3 is 1. The number of carbonyl (C=O) groups excluding carboxylic acids is 1. The molecule has 2 rings (SSSR count). The summed E-state index contributed by atoms with van der Waals surface area (Å²) in [6.07, 6.45) is 1.09. The fourth-order valence-electron chi connectivity index (χ4n) is 3.00. The average molecular weight is 361 g/mol. The molecule has 6 nitrogen and oxygen atoms in total. The molecule has 1 aromatic rings. The zero-order valence-corrected chi connectivity index (χ0v) is 16.1. The Hall–Kier alpha value is -2.08. The Morgan fingerprint density at radius 1 is 1.38 bits per heavy atom. The number of hydrogen-bond acceptors (Lipinski definition) is 4. The van der Waals surface area contributed by atoms with Gasteiger partial charge in [-0.3, -0.25) is 9.79 Å². The number of guanidine groups is 1. The van der Waals surface area contributed by atoms with Gasteiger partial charge in [-0.2, -0.15) is 0 Å². The van der Waals surface area contributed by atoms with Crippen LogP contribution in [0.25, 0.3) is 0 Å². The first-order chi connectivity index (χ1) is 12.6. The second kappa shape index (κ2) is 10.8. The van der Waals surface area contributed by atoms with Gasteiger partial charge in [-0.05, 0) is 18.9 Å². The molecule has 0 aliphatic carbocycles. The fourth-order valence-corrected chi connectivity index (χ4v) is 3.00. The minimum absolute atomic E-state index is 0.224. The van der Waals surface area contributed by atoms with Gasteiger partial charge in [0, 0.05) is 25.6 Å². The fraction of sp³-hybridized carbons (Fsp3) is 0.600. The summed E-state index contributed by atoms with van der Waals surface area (Å²) < 4.78 is 10.7. The molecule has 0 amide bonds. The van der Waals surface area contributed by atoms with Gasteiger partial charge in [0.15, 0.2) is 5.96 Å². The highest BCUT2D eigenvalue weighted by Crippen LogP contribution is 2.17. The zero-order chi connectivity index (χ0) is 18.8. The molecule has 2 atom stereocenters. The van der Waals surface area contributed by atoms with Crippen molar-refractivity contribution in [3.8, 4) is 0 Å². The first kappa shape index (κ1) is 20.2. The Bertz CT molecular complexity index is 577. The molecule has 1 aliphatic heterocycles. The molecule has 0 spiro atoms. The van der Waals surface area contributed by atoms with Crippen LogP contribution in [0.15, 0.2) is 35.3 Å². The monoisotopic (exact) mass is 361 g/mol. The molecule has 26 heavy (non-hydrogen) atoms. The summed E-state index contributed by atoms with van der Waals surface area (Å²) in [5, 5.41) is 3.32. The molecule has 2 unspecified atom stereocenters. The predicted octanol–water partition coefficient (Wildman–Crippen LogP) is 2.30. The van der Waals surface area contributed by atoms with Gasteiger partial charge in [0.2, 0.25) is 0 Å². The van der Waals surface area contributed by atoms with Crippen LogP contribution < -0.4 is 5.32 Å². The van der Waals surface area contributed by atoms with Crippen LogP contribution >= 0.6 is 0 Å². The van der Waals surface area contributed by atoms with Crippen molar-refractivity contribution in [3.05, 3.63) is 35.9 Å². The molecule has 144 valence electrons. The Kier molecular flexibility index (Phi) is 8.41. The van der Waals surface area contributed by atoms with E-state index in [9.17, 15) is 4.79 Å². The third kappa shape index (κ3) is 6.33. The molecular weight excluding hydrogens is 330 g/mol. The largest absolute Gasteiger partial charge is 0.469 e. The molecule has 1 N–H and O–H groups in total. The van der Waals surface area contributed by atoms with Gasteiger partial charge in [0.05, 0.1) is 32.8 Å². The topological polar surface area (TPSA) is 63.2 Å². The Morgan fingerprint density at radius 2 is 2.15 bits per heavy atom. The molecule has 6 heteroatoms. The quantitative estimate of drug-likeness (QED) is 0.437. The summed E-state index contributed by atoms with van der Waals surface area (Å²) in [7, 11) is 1.41. The number of ether oxygens (including phenoxy) is 2. The van der Waals surface area contributed by atoms with Crippen molar-refractivity contribution in [2.24, 2.45) is 16.8 Å². The number of carbonyl (C=O) groups is 1. The van der Waals surface area contributed by atoms with Crippen molar-refractivity contribution in [3.63, 3.8) is 0 Å². The minimum Gasteiger partial charge on any atom is -0.469 e. The first-order valence-corrected chi connectivity index (χ1v) is 9.36. The summed E-state index contributed by atoms with van der Waals surface area (Å²) in [6, 6.07) is 10.2. The van der Waals surface area contributed by atoms with E-state index in [-0.39, 0.29) is 11.9 Å². The molecule has 0 saturated carbocycles. The van der Waals surface area contributed by atoms with Crippen molar-refractivity contribution in [1.29, 1.82) is 0 Å². The number of rotatable bonds is 8. The van der Waals surface area contributed by atoms with Crippen LogP contribution in [-0.2, 0) is 20.9 Å². The van der Waals surface area contributed by atoms with E-state index >= 15 is 0 Å². The van der Waals surface area contributed by atoms with Gasteiger partial charge in [-0.15, -0.1) is 0 Å². The number of likely N-dealkylation sites (tertiary alicyclic amines) is 1. The third-order valence-corrected chi connectivity index (χ3v) is 4.50. The lowest BCUT2D eigenvalue weighted by molar-refractivity contribution is -0.144. The lowest BCUT2D eigenvalue weighted by Gasteiger charge is -2.22. The van der Waals surface area contributed by atoms with Gasteiger partial charge in [0.25, 0.3) is 0 Å². The number of hydrogen-bond donors (Lipinski definition) is 1. The Morgan fingerprint density at radius 3 is 2.85 bits per heavy atom. The summed E-state index contributed by atoms with van der Waals surface area (Å²) >= 11 is 0. The van der Waals surface area contributed by atoms with Crippen LogP contribution in [0.5, 0.6) is 0 Å². The highest BCUT2D eigenvalue weighted by molar-refractivity contribution is 5.81. The van der Waals surface area contributed by atoms with Crippen LogP contribution in [0.2, 0.25) is 0 Å². The zero-order valence-electron chi connectivity index (χ0n) is 16.1. The molecule has 1 aliphatic rings. The maximum atomic E-state index is 11.5. The molecule has 1 aromatic carbocycles. The van der Waals surface area contributed by atoms with Gasteiger partial charge in [0.1, 0.15) is 0 Å². The van der Waals surface area contributed by atoms with E-state index in [4.69, 9.17) is 9.47 Å². The van der Waals surface area contributed by atoms with Gasteiger partial charge >= 0.3 is 5.97 Å². The normalized spacial score (nSPS) is 18.7. The molecule has 0 radical (unpaired) electrons. The van der Waals surface area contributed by atoms with Crippen molar-refractivity contribution in [1.82, 2.24) is 10.2 Å². The first-order valence-electron chi connectivity index (χ1n) is 9.36. The highest BCUT2D eigenvalue weighted by Gasteiger charge is 2.25. The lowest BCUT2D eigenvalue weighted by Crippen LogP contribution is -2.40. The van der Waals surface area contributed by atoms with Crippen LogP contribution in [0.1, 0.15) is 25.8 Å². The van der Waals surface area contributed by atoms with Crippen molar-refractivity contribution >= 4 is 11.9 Å². The summed E-state index contributed by atoms with van der Waals surface area (Å²) in [4.78, 5) is 18.4. The number of nitrogens with one attached hydrogen (secondary N) is 1. The molecule has 1 saturated heterocycles. The van der Waals surface area contributed by atoms with E-state index in [0.29, 0.717) is 19.1 Å². The van der Waals surface area contributed by atoms with Crippen molar-refractivity contribution < 1.29 is 14.3 Å². The molecular formula is C20H31N3O3. The summed E-state index contributed by atoms with van der Waals surface area (Å²) in [5.41, 5.74) is 1.20. The standard InChI is InChI=1S/C20H31N3O3/c1-4-21-20(22-12-16(2)19(24)25-3)23-11-10-18(13-23)15-26-14-17-8-6-5-7-9-17/h5-9,16,18H,4,10-15H2,1-3H3,(H,21,22).